The molecular formula is C15H29NO4. The van der Waals surface area contributed by atoms with E-state index >= 15 is 0 Å². The van der Waals surface area contributed by atoms with Gasteiger partial charge in [0.05, 0.1) is 13.2 Å². The zero-order valence-electron chi connectivity index (χ0n) is 13.2. The highest BCUT2D eigenvalue weighted by Gasteiger charge is 2.27. The average Bonchev–Trinajstić information content (AvgIpc) is 2.46. The quantitative estimate of drug-likeness (QED) is 0.495. The number of unbranched alkanes of at least 4 members (excludes halogenated alkanes) is 2. The van der Waals surface area contributed by atoms with Crippen molar-refractivity contribution in [3.63, 3.8) is 0 Å². The lowest BCUT2D eigenvalue weighted by atomic mass is 9.99. The molecule has 2 unspecified atom stereocenters. The summed E-state index contributed by atoms with van der Waals surface area (Å²) >= 11 is 0. The zero-order valence-corrected chi connectivity index (χ0v) is 13.2. The molecule has 0 aromatic carbocycles. The van der Waals surface area contributed by atoms with Gasteiger partial charge in [0.15, 0.2) is 0 Å². The van der Waals surface area contributed by atoms with Crippen molar-refractivity contribution in [2.75, 3.05) is 13.2 Å². The first-order valence-electron chi connectivity index (χ1n) is 7.66. The van der Waals surface area contributed by atoms with Crippen LogP contribution < -0.4 is 5.32 Å². The van der Waals surface area contributed by atoms with Crippen molar-refractivity contribution < 1.29 is 19.1 Å². The molecule has 20 heavy (non-hydrogen) atoms. The van der Waals surface area contributed by atoms with Gasteiger partial charge in [0, 0.05) is 0 Å². The Balaban J connectivity index is 4.32. The average molecular weight is 287 g/mol. The van der Waals surface area contributed by atoms with E-state index in [9.17, 15) is 9.59 Å². The summed E-state index contributed by atoms with van der Waals surface area (Å²) in [6.07, 6.45) is 3.95. The van der Waals surface area contributed by atoms with Crippen LogP contribution >= 0.6 is 0 Å². The van der Waals surface area contributed by atoms with Crippen molar-refractivity contribution in [3.05, 3.63) is 0 Å². The van der Waals surface area contributed by atoms with Crippen LogP contribution in [0.3, 0.4) is 0 Å². The van der Waals surface area contributed by atoms with Crippen molar-refractivity contribution in [2.45, 2.75) is 65.8 Å². The second-order valence-corrected chi connectivity index (χ2v) is 5.02. The normalized spacial score (nSPS) is 13.4. The van der Waals surface area contributed by atoms with Crippen LogP contribution in [0.5, 0.6) is 0 Å². The van der Waals surface area contributed by atoms with E-state index in [0.717, 1.165) is 32.1 Å². The highest BCUT2D eigenvalue weighted by atomic mass is 16.6. The molecule has 0 aromatic heterocycles. The summed E-state index contributed by atoms with van der Waals surface area (Å²) in [5.74, 6) is -0.355. The van der Waals surface area contributed by atoms with Gasteiger partial charge in [-0.05, 0) is 18.8 Å². The summed E-state index contributed by atoms with van der Waals surface area (Å²) in [5, 5.41) is 2.61. The van der Waals surface area contributed by atoms with E-state index < -0.39 is 12.1 Å². The number of hydrogen-bond acceptors (Lipinski definition) is 4. The fourth-order valence-electron chi connectivity index (χ4n) is 1.65. The Morgan fingerprint density at radius 1 is 1.00 bits per heavy atom. The number of carbonyl (C=O) groups is 2. The second kappa shape index (κ2) is 11.6. The maximum atomic E-state index is 12.0. The third-order valence-corrected chi connectivity index (χ3v) is 3.17. The minimum absolute atomic E-state index is 0.0165. The molecule has 0 aliphatic rings. The highest BCUT2D eigenvalue weighted by Crippen LogP contribution is 2.10. The van der Waals surface area contributed by atoms with Gasteiger partial charge in [-0.15, -0.1) is 0 Å². The third-order valence-electron chi connectivity index (χ3n) is 3.17. The van der Waals surface area contributed by atoms with E-state index in [2.05, 4.69) is 12.2 Å². The molecule has 0 aliphatic carbocycles. The zero-order chi connectivity index (χ0) is 15.4. The van der Waals surface area contributed by atoms with Crippen LogP contribution in [0.2, 0.25) is 0 Å². The number of nitrogens with one attached hydrogen (secondary N) is 1. The minimum atomic E-state index is -0.633. The first kappa shape index (κ1) is 18.7. The standard InChI is InChI=1S/C15H29NO4/c1-5-8-9-11-19-14(17)13(12(4)7-3)16-15(18)20-10-6-2/h12-13H,5-11H2,1-4H3,(H,16,18). The van der Waals surface area contributed by atoms with Crippen LogP contribution in [0.25, 0.3) is 0 Å². The Bertz CT molecular complexity index is 281. The molecule has 0 aliphatic heterocycles. The SMILES string of the molecule is CCCCCOC(=O)C(NC(=O)OCCC)C(C)CC. The number of amides is 1. The van der Waals surface area contributed by atoms with E-state index in [0.29, 0.717) is 13.2 Å². The second-order valence-electron chi connectivity index (χ2n) is 5.02. The van der Waals surface area contributed by atoms with Gasteiger partial charge < -0.3 is 14.8 Å². The number of rotatable bonds is 10. The summed E-state index contributed by atoms with van der Waals surface area (Å²) in [6.45, 7) is 8.66. The summed E-state index contributed by atoms with van der Waals surface area (Å²) in [7, 11) is 0. The summed E-state index contributed by atoms with van der Waals surface area (Å²) in [4.78, 5) is 23.6. The monoisotopic (exact) mass is 287 g/mol. The number of esters is 1. The van der Waals surface area contributed by atoms with Gasteiger partial charge in [-0.25, -0.2) is 9.59 Å². The van der Waals surface area contributed by atoms with Crippen molar-refractivity contribution in [1.82, 2.24) is 5.32 Å². The van der Waals surface area contributed by atoms with Crippen molar-refractivity contribution in [2.24, 2.45) is 5.92 Å². The molecule has 0 rings (SSSR count). The van der Waals surface area contributed by atoms with E-state index in [1.165, 1.54) is 0 Å². The first-order valence-corrected chi connectivity index (χ1v) is 7.66. The molecular weight excluding hydrogens is 258 g/mol. The molecule has 0 saturated carbocycles. The van der Waals surface area contributed by atoms with Crippen LogP contribution in [0.4, 0.5) is 4.79 Å². The molecule has 1 amide bonds. The predicted octanol–water partition coefficient (Wildman–Crippen LogP) is 3.27. The number of ether oxygens (including phenoxy) is 2. The van der Waals surface area contributed by atoms with Gasteiger partial charge in [-0.2, -0.15) is 0 Å². The molecule has 0 fully saturated rings. The maximum absolute atomic E-state index is 12.0. The fourth-order valence-corrected chi connectivity index (χ4v) is 1.65. The van der Waals surface area contributed by atoms with E-state index in [1.54, 1.807) is 0 Å². The van der Waals surface area contributed by atoms with E-state index in [1.807, 2.05) is 20.8 Å². The van der Waals surface area contributed by atoms with E-state index in [4.69, 9.17) is 9.47 Å². The Hall–Kier alpha value is -1.26. The summed E-state index contributed by atoms with van der Waals surface area (Å²) < 4.78 is 10.2. The molecule has 2 atom stereocenters. The van der Waals surface area contributed by atoms with Gasteiger partial charge in [0.2, 0.25) is 0 Å². The molecule has 5 heteroatoms. The van der Waals surface area contributed by atoms with Gasteiger partial charge in [0.1, 0.15) is 6.04 Å². The highest BCUT2D eigenvalue weighted by molar-refractivity contribution is 5.81. The lowest BCUT2D eigenvalue weighted by molar-refractivity contribution is -0.147. The Morgan fingerprint density at radius 3 is 2.25 bits per heavy atom. The van der Waals surface area contributed by atoms with Gasteiger partial charge in [0.25, 0.3) is 0 Å². The van der Waals surface area contributed by atoms with Crippen molar-refractivity contribution in [3.8, 4) is 0 Å². The lowest BCUT2D eigenvalue weighted by Gasteiger charge is -2.22. The van der Waals surface area contributed by atoms with E-state index in [-0.39, 0.29) is 11.9 Å². The Kier molecular flexibility index (Phi) is 10.8. The van der Waals surface area contributed by atoms with Crippen LogP contribution in [0.1, 0.15) is 59.8 Å². The lowest BCUT2D eigenvalue weighted by Crippen LogP contribution is -2.46. The first-order chi connectivity index (χ1) is 9.56. The number of hydrogen-bond donors (Lipinski definition) is 1. The predicted molar refractivity (Wildman–Crippen MR) is 78.5 cm³/mol. The third kappa shape index (κ3) is 8.02. The van der Waals surface area contributed by atoms with Crippen LogP contribution in [0.15, 0.2) is 0 Å². The Morgan fingerprint density at radius 2 is 1.70 bits per heavy atom. The molecule has 5 nitrogen and oxygen atoms in total. The molecule has 0 bridgehead atoms. The van der Waals surface area contributed by atoms with Crippen molar-refractivity contribution in [1.29, 1.82) is 0 Å². The summed E-state index contributed by atoms with van der Waals surface area (Å²) in [6, 6.07) is -0.633. The molecule has 118 valence electrons. The molecule has 0 aromatic rings. The topological polar surface area (TPSA) is 64.6 Å². The number of carbonyl (C=O) groups excluding carboxylic acids is 2. The number of alkyl carbamates (subject to hydrolysis) is 1. The smallest absolute Gasteiger partial charge is 0.407 e. The van der Waals surface area contributed by atoms with Crippen LogP contribution in [-0.2, 0) is 14.3 Å². The van der Waals surface area contributed by atoms with Gasteiger partial charge in [-0.1, -0.05) is 47.0 Å². The van der Waals surface area contributed by atoms with Crippen LogP contribution in [0, 0.1) is 5.92 Å². The molecule has 0 saturated heterocycles. The van der Waals surface area contributed by atoms with Gasteiger partial charge in [-0.3, -0.25) is 0 Å². The maximum Gasteiger partial charge on any atom is 0.407 e. The Labute approximate surface area is 122 Å². The minimum Gasteiger partial charge on any atom is -0.464 e. The summed E-state index contributed by atoms with van der Waals surface area (Å²) in [5.41, 5.74) is 0. The molecule has 0 radical (unpaired) electrons. The van der Waals surface area contributed by atoms with Crippen molar-refractivity contribution >= 4 is 12.1 Å². The largest absolute Gasteiger partial charge is 0.464 e. The van der Waals surface area contributed by atoms with Crippen LogP contribution in [-0.4, -0.2) is 31.3 Å². The molecule has 0 heterocycles. The van der Waals surface area contributed by atoms with Gasteiger partial charge >= 0.3 is 12.1 Å². The fraction of sp³-hybridized carbons (Fsp3) is 0.867. The molecule has 0 spiro atoms. The molecule has 1 N–H and O–H groups in total.